The number of carboxylic acids is 1. The van der Waals surface area contributed by atoms with E-state index in [9.17, 15) is 4.79 Å². The second kappa shape index (κ2) is 14.8. The van der Waals surface area contributed by atoms with Crippen molar-refractivity contribution in [3.8, 4) is 0 Å². The summed E-state index contributed by atoms with van der Waals surface area (Å²) in [7, 11) is 0. The third-order valence-corrected chi connectivity index (χ3v) is 3.72. The Labute approximate surface area is 124 Å². The fourth-order valence-electron chi connectivity index (χ4n) is 2.37. The average Bonchev–Trinajstić information content (AvgIpc) is 2.48. The molecule has 0 saturated carbocycles. The molecule has 1 aliphatic rings. The highest BCUT2D eigenvalue weighted by molar-refractivity contribution is 5.69. The first-order valence-electron chi connectivity index (χ1n) is 8.36. The number of unbranched alkanes of at least 4 members (excludes halogenated alkanes) is 3. The molecule has 0 bridgehead atoms. The van der Waals surface area contributed by atoms with E-state index in [1.54, 1.807) is 0 Å². The normalized spacial score (nSPS) is 16.1. The number of carboxylic acid groups (broad SMARTS) is 1. The molecule has 0 aromatic carbocycles. The molecule has 0 radical (unpaired) electrons. The number of hydrogen-bond donors (Lipinski definition) is 3. The van der Waals surface area contributed by atoms with E-state index >= 15 is 0 Å². The van der Waals surface area contributed by atoms with Gasteiger partial charge in [0.2, 0.25) is 0 Å². The summed E-state index contributed by atoms with van der Waals surface area (Å²) in [6.07, 6.45) is 11.2. The van der Waals surface area contributed by atoms with E-state index < -0.39 is 5.97 Å². The predicted octanol–water partition coefficient (Wildman–Crippen LogP) is 3.16. The van der Waals surface area contributed by atoms with Gasteiger partial charge in [-0.15, -0.1) is 0 Å². The number of hydrogen-bond acceptors (Lipinski definition) is 3. The quantitative estimate of drug-likeness (QED) is 0.569. The average molecular weight is 286 g/mol. The van der Waals surface area contributed by atoms with Crippen LogP contribution < -0.4 is 11.1 Å². The van der Waals surface area contributed by atoms with Crippen molar-refractivity contribution in [3.05, 3.63) is 0 Å². The number of nitrogens with one attached hydrogen (secondary N) is 1. The molecule has 1 heterocycles. The summed E-state index contributed by atoms with van der Waals surface area (Å²) >= 11 is 0. The molecule has 0 aromatic heterocycles. The van der Waals surface area contributed by atoms with E-state index in [0.29, 0.717) is 6.54 Å². The van der Waals surface area contributed by atoms with E-state index in [-0.39, 0.29) is 5.92 Å². The lowest BCUT2D eigenvalue weighted by atomic mass is 9.96. The molecule has 1 atom stereocenters. The zero-order valence-electron chi connectivity index (χ0n) is 13.2. The lowest BCUT2D eigenvalue weighted by Crippen LogP contribution is -2.21. The number of nitrogens with two attached hydrogens (primary N) is 1. The molecule has 4 N–H and O–H groups in total. The van der Waals surface area contributed by atoms with E-state index in [1.165, 1.54) is 45.2 Å². The van der Waals surface area contributed by atoms with Gasteiger partial charge in [-0.05, 0) is 51.7 Å². The molecule has 1 aliphatic heterocycles. The van der Waals surface area contributed by atoms with Crippen molar-refractivity contribution < 1.29 is 9.90 Å². The summed E-state index contributed by atoms with van der Waals surface area (Å²) in [5.41, 5.74) is 5.36. The van der Waals surface area contributed by atoms with Crippen LogP contribution in [0.1, 0.15) is 71.1 Å². The first kappa shape index (κ1) is 19.4. The first-order valence-corrected chi connectivity index (χ1v) is 8.36. The topological polar surface area (TPSA) is 75.3 Å². The molecule has 1 unspecified atom stereocenters. The molecule has 0 aromatic rings. The fourth-order valence-corrected chi connectivity index (χ4v) is 2.37. The summed E-state index contributed by atoms with van der Waals surface area (Å²) in [6.45, 7) is 5.25. The van der Waals surface area contributed by atoms with Crippen molar-refractivity contribution in [1.29, 1.82) is 0 Å². The lowest BCUT2D eigenvalue weighted by molar-refractivity contribution is -0.142. The molecular formula is C16H34N2O2. The van der Waals surface area contributed by atoms with Crippen molar-refractivity contribution in [3.63, 3.8) is 0 Å². The van der Waals surface area contributed by atoms with Crippen LogP contribution in [0.2, 0.25) is 0 Å². The van der Waals surface area contributed by atoms with Gasteiger partial charge in [-0.3, -0.25) is 4.79 Å². The standard InChI is InChI=1S/C11H23NO2.C5H11N/c1-2-3-4-5-7-10(11(13)14)8-6-9-12;1-2-4-6-5-3-1/h10H,2-9,12H2,1H3,(H,13,14);6H,1-5H2. The first-order chi connectivity index (χ1) is 9.72. The van der Waals surface area contributed by atoms with Gasteiger partial charge in [-0.25, -0.2) is 0 Å². The Kier molecular flexibility index (Phi) is 14.3. The predicted molar refractivity (Wildman–Crippen MR) is 84.9 cm³/mol. The molecule has 0 amide bonds. The molecule has 4 nitrogen and oxygen atoms in total. The molecule has 1 fully saturated rings. The van der Waals surface area contributed by atoms with Crippen LogP contribution in [0.5, 0.6) is 0 Å². The minimum absolute atomic E-state index is 0.171. The Balaban J connectivity index is 0.000000493. The minimum atomic E-state index is -0.657. The third-order valence-electron chi connectivity index (χ3n) is 3.72. The van der Waals surface area contributed by atoms with Gasteiger partial charge in [-0.2, -0.15) is 0 Å². The number of carbonyl (C=O) groups is 1. The van der Waals surface area contributed by atoms with Gasteiger partial charge in [0.15, 0.2) is 0 Å². The van der Waals surface area contributed by atoms with Crippen molar-refractivity contribution in [2.75, 3.05) is 19.6 Å². The Bertz CT molecular complexity index is 207. The second-order valence-electron chi connectivity index (χ2n) is 5.63. The maximum Gasteiger partial charge on any atom is 0.306 e. The summed E-state index contributed by atoms with van der Waals surface area (Å²) in [5.74, 6) is -0.828. The van der Waals surface area contributed by atoms with Crippen molar-refractivity contribution in [2.45, 2.75) is 71.1 Å². The van der Waals surface area contributed by atoms with Crippen LogP contribution in [-0.2, 0) is 4.79 Å². The molecule has 0 aliphatic carbocycles. The Morgan fingerprint density at radius 2 is 1.75 bits per heavy atom. The van der Waals surface area contributed by atoms with Crippen molar-refractivity contribution >= 4 is 5.97 Å². The van der Waals surface area contributed by atoms with Crippen LogP contribution >= 0.6 is 0 Å². The van der Waals surface area contributed by atoms with E-state index in [0.717, 1.165) is 32.1 Å². The van der Waals surface area contributed by atoms with Gasteiger partial charge >= 0.3 is 5.97 Å². The van der Waals surface area contributed by atoms with E-state index in [4.69, 9.17) is 10.8 Å². The second-order valence-corrected chi connectivity index (χ2v) is 5.63. The maximum atomic E-state index is 10.8. The van der Waals surface area contributed by atoms with Crippen molar-refractivity contribution in [1.82, 2.24) is 5.32 Å². The lowest BCUT2D eigenvalue weighted by Gasteiger charge is -2.10. The Hall–Kier alpha value is -0.610. The van der Waals surface area contributed by atoms with Crippen LogP contribution in [0.25, 0.3) is 0 Å². The molecule has 4 heteroatoms. The largest absolute Gasteiger partial charge is 0.481 e. The van der Waals surface area contributed by atoms with Gasteiger partial charge < -0.3 is 16.2 Å². The van der Waals surface area contributed by atoms with Gasteiger partial charge in [0.05, 0.1) is 5.92 Å². The molecule has 1 rings (SSSR count). The van der Waals surface area contributed by atoms with Gasteiger partial charge in [0.25, 0.3) is 0 Å². The maximum absolute atomic E-state index is 10.8. The smallest absolute Gasteiger partial charge is 0.306 e. The third kappa shape index (κ3) is 12.4. The van der Waals surface area contributed by atoms with Crippen molar-refractivity contribution in [2.24, 2.45) is 11.7 Å². The minimum Gasteiger partial charge on any atom is -0.481 e. The van der Waals surface area contributed by atoms with Crippen LogP contribution in [0.4, 0.5) is 0 Å². The monoisotopic (exact) mass is 286 g/mol. The highest BCUT2D eigenvalue weighted by Gasteiger charge is 2.15. The van der Waals surface area contributed by atoms with Gasteiger partial charge in [0, 0.05) is 0 Å². The molecule has 0 spiro atoms. The fraction of sp³-hybridized carbons (Fsp3) is 0.938. The zero-order valence-corrected chi connectivity index (χ0v) is 13.2. The van der Waals surface area contributed by atoms with Crippen LogP contribution in [0.3, 0.4) is 0 Å². The highest BCUT2D eigenvalue weighted by atomic mass is 16.4. The number of rotatable bonds is 9. The Morgan fingerprint density at radius 1 is 1.10 bits per heavy atom. The van der Waals surface area contributed by atoms with Crippen LogP contribution in [0, 0.1) is 5.92 Å². The van der Waals surface area contributed by atoms with Crippen LogP contribution in [-0.4, -0.2) is 30.7 Å². The van der Waals surface area contributed by atoms with E-state index in [1.807, 2.05) is 0 Å². The Morgan fingerprint density at radius 3 is 2.15 bits per heavy atom. The zero-order chi connectivity index (χ0) is 15.1. The van der Waals surface area contributed by atoms with Gasteiger partial charge in [-0.1, -0.05) is 39.0 Å². The van der Waals surface area contributed by atoms with Gasteiger partial charge in [0.1, 0.15) is 0 Å². The molecule has 20 heavy (non-hydrogen) atoms. The summed E-state index contributed by atoms with van der Waals surface area (Å²) in [6, 6.07) is 0. The van der Waals surface area contributed by atoms with E-state index in [2.05, 4.69) is 12.2 Å². The number of aliphatic carboxylic acids is 1. The summed E-state index contributed by atoms with van der Waals surface area (Å²) in [5, 5.41) is 12.2. The summed E-state index contributed by atoms with van der Waals surface area (Å²) < 4.78 is 0. The number of piperidine rings is 1. The molecular weight excluding hydrogens is 252 g/mol. The highest BCUT2D eigenvalue weighted by Crippen LogP contribution is 2.16. The SMILES string of the molecule is C1CCNCC1.CCCCCCC(CCCN)C(=O)O. The molecule has 120 valence electrons. The van der Waals surface area contributed by atoms with Crippen LogP contribution in [0.15, 0.2) is 0 Å². The summed E-state index contributed by atoms with van der Waals surface area (Å²) in [4.78, 5) is 10.8. The molecule has 1 saturated heterocycles.